The predicted molar refractivity (Wildman–Crippen MR) is 157 cm³/mol. The Hall–Kier alpha value is -5.17. The molecule has 1 aliphatic rings. The van der Waals surface area contributed by atoms with Gasteiger partial charge in [-0.05, 0) is 43.2 Å². The molecule has 4 aromatic heterocycles. The van der Waals surface area contributed by atoms with Gasteiger partial charge in [-0.15, -0.1) is 5.10 Å². The number of amides is 1. The maximum atomic E-state index is 13.7. The second-order valence-electron chi connectivity index (χ2n) is 10.4. The molecule has 1 aromatic carbocycles. The molecule has 2 atom stereocenters. The van der Waals surface area contributed by atoms with E-state index in [-0.39, 0.29) is 23.1 Å². The van der Waals surface area contributed by atoms with Crippen molar-refractivity contribution in [3.05, 3.63) is 88.1 Å². The molecule has 1 unspecified atom stereocenters. The number of benzene rings is 1. The fourth-order valence-corrected chi connectivity index (χ4v) is 5.44. The zero-order valence-corrected chi connectivity index (χ0v) is 23.9. The van der Waals surface area contributed by atoms with Gasteiger partial charge < -0.3 is 10.4 Å². The van der Waals surface area contributed by atoms with Crippen LogP contribution in [-0.4, -0.2) is 56.3 Å². The van der Waals surface area contributed by atoms with E-state index >= 15 is 0 Å². The average Bonchev–Trinajstić information content (AvgIpc) is 3.62. The highest BCUT2D eigenvalue weighted by atomic mass is 35.5. The van der Waals surface area contributed by atoms with E-state index in [2.05, 4.69) is 30.7 Å². The number of carbonyl (C=O) groups excluding carboxylic acids is 1. The van der Waals surface area contributed by atoms with Crippen molar-refractivity contribution in [3.63, 3.8) is 0 Å². The molecule has 0 aliphatic carbocycles. The first-order valence-corrected chi connectivity index (χ1v) is 13.9. The number of pyridine rings is 1. The minimum Gasteiger partial charge on any atom is -0.476 e. The van der Waals surface area contributed by atoms with Crippen molar-refractivity contribution in [2.45, 2.75) is 32.2 Å². The van der Waals surface area contributed by atoms with Crippen molar-refractivity contribution in [3.8, 4) is 28.2 Å². The van der Waals surface area contributed by atoms with Gasteiger partial charge in [0, 0.05) is 41.4 Å². The number of hydrogen-bond donors (Lipinski definition) is 2. The van der Waals surface area contributed by atoms with Gasteiger partial charge in [-0.2, -0.15) is 5.10 Å². The van der Waals surface area contributed by atoms with Gasteiger partial charge >= 0.3 is 5.97 Å². The topological polar surface area (TPSA) is 163 Å². The Morgan fingerprint density at radius 3 is 2.72 bits per heavy atom. The molecule has 14 heteroatoms. The second-order valence-corrected chi connectivity index (χ2v) is 10.8. The average molecular weight is 600 g/mol. The quantitative estimate of drug-likeness (QED) is 0.311. The maximum Gasteiger partial charge on any atom is 0.358 e. The number of nitrogens with zero attached hydrogens (tertiary/aromatic N) is 8. The smallest absolute Gasteiger partial charge is 0.358 e. The van der Waals surface area contributed by atoms with Crippen LogP contribution in [0, 0.1) is 5.92 Å². The number of anilines is 1. The summed E-state index contributed by atoms with van der Waals surface area (Å²) >= 11 is 6.30. The van der Waals surface area contributed by atoms with Crippen LogP contribution in [0.25, 0.3) is 28.2 Å². The van der Waals surface area contributed by atoms with Crippen LogP contribution in [0.15, 0.2) is 66.1 Å². The number of hydrogen-bond acceptors (Lipinski definition) is 8. The van der Waals surface area contributed by atoms with Crippen LogP contribution in [0.4, 0.5) is 5.69 Å². The number of fused-ring (bicyclic) bond motifs is 4. The molecule has 2 bridgehead atoms. The van der Waals surface area contributed by atoms with E-state index in [1.54, 1.807) is 46.9 Å². The van der Waals surface area contributed by atoms with E-state index in [1.807, 2.05) is 19.1 Å². The lowest BCUT2D eigenvalue weighted by Gasteiger charge is -2.22. The van der Waals surface area contributed by atoms with Crippen LogP contribution < -0.4 is 10.9 Å². The van der Waals surface area contributed by atoms with Gasteiger partial charge in [0.05, 0.1) is 53.2 Å². The molecular formula is C29H26ClN9O4. The van der Waals surface area contributed by atoms with Crippen LogP contribution in [0.5, 0.6) is 0 Å². The number of aromatic nitrogens is 8. The molecule has 5 aromatic rings. The van der Waals surface area contributed by atoms with Gasteiger partial charge in [0.1, 0.15) is 0 Å². The van der Waals surface area contributed by atoms with Gasteiger partial charge in [0.2, 0.25) is 5.91 Å². The Morgan fingerprint density at radius 1 is 1.12 bits per heavy atom. The molecule has 43 heavy (non-hydrogen) atoms. The number of carbonyl (C=O) groups is 2. The first-order valence-electron chi connectivity index (χ1n) is 13.5. The van der Waals surface area contributed by atoms with Crippen LogP contribution in [0.2, 0.25) is 5.02 Å². The normalized spacial score (nSPS) is 17.0. The van der Waals surface area contributed by atoms with Crippen LogP contribution in [0.3, 0.4) is 0 Å². The number of rotatable bonds is 4. The van der Waals surface area contributed by atoms with Gasteiger partial charge in [-0.1, -0.05) is 30.2 Å². The Morgan fingerprint density at radius 2 is 1.95 bits per heavy atom. The monoisotopic (exact) mass is 599 g/mol. The summed E-state index contributed by atoms with van der Waals surface area (Å²) in [5, 5.41) is 24.6. The van der Waals surface area contributed by atoms with Gasteiger partial charge in [0.25, 0.3) is 5.56 Å². The third-order valence-electron chi connectivity index (χ3n) is 7.52. The number of nitrogens with one attached hydrogen (secondary N) is 1. The zero-order chi connectivity index (χ0) is 30.2. The number of halogens is 1. The summed E-state index contributed by atoms with van der Waals surface area (Å²) in [6, 6.07) is 9.60. The SMILES string of the molecule is C[C@@H]1CCCC(n2cnc(-c3cc(Cl)ccc3-n3cc(C(=O)O)nn3)cc2=O)c2cc(ccn2)-c2c(cnn2C)NC1=O. The fourth-order valence-electron chi connectivity index (χ4n) is 5.27. The summed E-state index contributed by atoms with van der Waals surface area (Å²) in [6.07, 6.45) is 7.88. The highest BCUT2D eigenvalue weighted by molar-refractivity contribution is 6.31. The standard InChI is InChI=1S/C29H26ClN9O4/c1-16-4-3-5-25(21-10-17(8-9-31-21)27-22(34-28(16)41)13-33-37(27)2)38-15-32-20(12-26(38)40)19-11-18(30)6-7-24(19)39-14-23(29(42)43)35-36-39/h6-16,25H,3-5H2,1-2H3,(H,34,41)(H,42,43)/t16-,25?/m1/s1. The van der Waals surface area contributed by atoms with Gasteiger partial charge in [-0.3, -0.25) is 23.8 Å². The minimum atomic E-state index is -1.22. The predicted octanol–water partition coefficient (Wildman–Crippen LogP) is 3.99. The lowest BCUT2D eigenvalue weighted by Crippen LogP contribution is -2.27. The summed E-state index contributed by atoms with van der Waals surface area (Å²) in [6.45, 7) is 1.88. The third kappa shape index (κ3) is 5.42. The molecule has 0 radical (unpaired) electrons. The lowest BCUT2D eigenvalue weighted by atomic mass is 9.97. The maximum absolute atomic E-state index is 13.7. The summed E-state index contributed by atoms with van der Waals surface area (Å²) in [7, 11) is 1.80. The fraction of sp³-hybridized carbons (Fsp3) is 0.241. The van der Waals surface area contributed by atoms with E-state index in [1.165, 1.54) is 23.3 Å². The molecule has 5 heterocycles. The van der Waals surface area contributed by atoms with E-state index in [9.17, 15) is 19.5 Å². The Balaban J connectivity index is 1.43. The Bertz CT molecular complexity index is 1930. The highest BCUT2D eigenvalue weighted by Crippen LogP contribution is 2.33. The van der Waals surface area contributed by atoms with Crippen molar-refractivity contribution >= 4 is 29.2 Å². The van der Waals surface area contributed by atoms with E-state index < -0.39 is 12.0 Å². The van der Waals surface area contributed by atoms with Crippen LogP contribution >= 0.6 is 11.6 Å². The first-order chi connectivity index (χ1) is 20.7. The van der Waals surface area contributed by atoms with Crippen molar-refractivity contribution in [2.75, 3.05) is 5.32 Å². The molecular weight excluding hydrogens is 574 g/mol. The molecule has 0 fully saturated rings. The molecule has 1 amide bonds. The molecule has 6 rings (SSSR count). The molecule has 218 valence electrons. The summed E-state index contributed by atoms with van der Waals surface area (Å²) < 4.78 is 4.53. The number of carboxylic acids is 1. The van der Waals surface area contributed by atoms with Crippen LogP contribution in [-0.2, 0) is 11.8 Å². The summed E-state index contributed by atoms with van der Waals surface area (Å²) in [5.74, 6) is -1.56. The van der Waals surface area contributed by atoms with Gasteiger partial charge in [0.15, 0.2) is 5.69 Å². The minimum absolute atomic E-state index is 0.0935. The number of aromatic carboxylic acids is 1. The molecule has 0 spiro atoms. The third-order valence-corrected chi connectivity index (χ3v) is 7.76. The molecule has 13 nitrogen and oxygen atoms in total. The summed E-state index contributed by atoms with van der Waals surface area (Å²) in [4.78, 5) is 47.2. The number of carboxylic acid groups (broad SMARTS) is 1. The van der Waals surface area contributed by atoms with Crippen molar-refractivity contribution in [1.29, 1.82) is 0 Å². The molecule has 0 saturated carbocycles. The summed E-state index contributed by atoms with van der Waals surface area (Å²) in [5.41, 5.74) is 3.51. The van der Waals surface area contributed by atoms with Gasteiger partial charge in [-0.25, -0.2) is 14.5 Å². The Labute approximate surface area is 249 Å². The van der Waals surface area contributed by atoms with Crippen molar-refractivity contribution in [2.24, 2.45) is 13.0 Å². The van der Waals surface area contributed by atoms with Crippen molar-refractivity contribution < 1.29 is 14.7 Å². The zero-order valence-electron chi connectivity index (χ0n) is 23.2. The van der Waals surface area contributed by atoms with E-state index in [0.717, 1.165) is 11.3 Å². The first kappa shape index (κ1) is 28.0. The van der Waals surface area contributed by atoms with E-state index in [4.69, 9.17) is 11.6 Å². The largest absolute Gasteiger partial charge is 0.476 e. The van der Waals surface area contributed by atoms with Crippen molar-refractivity contribution in [1.82, 2.24) is 39.3 Å². The highest BCUT2D eigenvalue weighted by Gasteiger charge is 2.24. The Kier molecular flexibility index (Phi) is 7.32. The van der Waals surface area contributed by atoms with E-state index in [0.29, 0.717) is 52.6 Å². The lowest BCUT2D eigenvalue weighted by molar-refractivity contribution is -0.119. The second kappa shape index (κ2) is 11.2. The number of aryl methyl sites for hydroxylation is 1. The molecule has 0 saturated heterocycles. The van der Waals surface area contributed by atoms with Crippen LogP contribution in [0.1, 0.15) is 48.4 Å². The molecule has 2 N–H and O–H groups in total. The molecule has 1 aliphatic heterocycles.